The molecule has 2 heterocycles. The number of likely N-dealkylation sites (tertiary alicyclic amines) is 1. The molecule has 162 valence electrons. The zero-order valence-electron chi connectivity index (χ0n) is 17.1. The highest BCUT2D eigenvalue weighted by Gasteiger charge is 2.51. The van der Waals surface area contributed by atoms with Gasteiger partial charge in [-0.3, -0.25) is 9.48 Å². The van der Waals surface area contributed by atoms with Crippen LogP contribution in [0, 0.1) is 11.3 Å². The average Bonchev–Trinajstić information content (AvgIpc) is 3.16. The summed E-state index contributed by atoms with van der Waals surface area (Å²) in [5, 5.41) is 3.89. The van der Waals surface area contributed by atoms with Crippen LogP contribution < -0.4 is 4.90 Å². The van der Waals surface area contributed by atoms with Gasteiger partial charge in [0.25, 0.3) is 0 Å². The molecule has 29 heavy (non-hydrogen) atoms. The van der Waals surface area contributed by atoms with E-state index in [1.165, 1.54) is 17.1 Å². The highest BCUT2D eigenvalue weighted by molar-refractivity contribution is 5.97. The number of carbonyl (C=O) groups is 2. The molecule has 2 fully saturated rings. The Hall–Kier alpha value is -2.26. The molecule has 0 radical (unpaired) electrons. The molecular weight excluding hydrogens is 389 g/mol. The molecule has 2 aliphatic rings. The summed E-state index contributed by atoms with van der Waals surface area (Å²) in [6.07, 6.45) is -0.327. The molecule has 0 N–H and O–H groups in total. The van der Waals surface area contributed by atoms with Crippen molar-refractivity contribution in [3.8, 4) is 0 Å². The third kappa shape index (κ3) is 5.22. The largest absolute Gasteiger partial charge is 0.471 e. The molecule has 1 aromatic rings. The Morgan fingerprint density at radius 2 is 1.97 bits per heavy atom. The van der Waals surface area contributed by atoms with Crippen LogP contribution in [0.1, 0.15) is 40.0 Å². The van der Waals surface area contributed by atoms with Crippen LogP contribution in [0.2, 0.25) is 0 Å². The Labute approximate surface area is 167 Å². The lowest BCUT2D eigenvalue weighted by Gasteiger charge is -2.40. The number of amides is 2. The van der Waals surface area contributed by atoms with Gasteiger partial charge in [0, 0.05) is 32.9 Å². The summed E-state index contributed by atoms with van der Waals surface area (Å²) in [5.41, 5.74) is -0.648. The maximum absolute atomic E-state index is 13.2. The van der Waals surface area contributed by atoms with E-state index in [0.29, 0.717) is 13.0 Å². The normalized spacial score (nSPS) is 21.2. The van der Waals surface area contributed by atoms with Crippen LogP contribution >= 0.6 is 0 Å². The number of hydrogen-bond acceptors (Lipinski definition) is 4. The summed E-state index contributed by atoms with van der Waals surface area (Å²) in [5.74, 6) is -2.21. The van der Waals surface area contributed by atoms with Crippen molar-refractivity contribution >= 4 is 17.7 Å². The lowest BCUT2D eigenvalue weighted by molar-refractivity contribution is -0.170. The molecule has 1 unspecified atom stereocenters. The van der Waals surface area contributed by atoms with Crippen LogP contribution in [0.4, 0.5) is 23.7 Å². The van der Waals surface area contributed by atoms with Crippen LogP contribution in [0.25, 0.3) is 0 Å². The Morgan fingerprint density at radius 3 is 2.45 bits per heavy atom. The lowest BCUT2D eigenvalue weighted by atomic mass is 9.86. The maximum atomic E-state index is 13.2. The van der Waals surface area contributed by atoms with E-state index in [2.05, 4.69) is 5.10 Å². The molecule has 1 spiro atoms. The van der Waals surface area contributed by atoms with Crippen molar-refractivity contribution in [1.82, 2.24) is 14.7 Å². The van der Waals surface area contributed by atoms with Gasteiger partial charge in [0.05, 0.1) is 11.9 Å². The second-order valence-electron chi connectivity index (χ2n) is 9.22. The molecule has 1 saturated heterocycles. The van der Waals surface area contributed by atoms with E-state index in [0.717, 1.165) is 17.7 Å². The predicted octanol–water partition coefficient (Wildman–Crippen LogP) is 3.35. The number of anilines is 1. The van der Waals surface area contributed by atoms with E-state index in [-0.39, 0.29) is 30.1 Å². The topological polar surface area (TPSA) is 67.7 Å². The van der Waals surface area contributed by atoms with Gasteiger partial charge in [-0.15, -0.1) is 0 Å². The predicted molar refractivity (Wildman–Crippen MR) is 99.2 cm³/mol. The fourth-order valence-electron chi connectivity index (χ4n) is 3.91. The third-order valence-corrected chi connectivity index (χ3v) is 5.27. The molecule has 1 aliphatic heterocycles. The number of rotatable bonds is 3. The summed E-state index contributed by atoms with van der Waals surface area (Å²) in [4.78, 5) is 26.9. The molecule has 3 rings (SSSR count). The fraction of sp³-hybridized carbons (Fsp3) is 0.737. The Bertz CT molecular complexity index is 780. The molecule has 1 aliphatic carbocycles. The number of aryl methyl sites for hydroxylation is 1. The van der Waals surface area contributed by atoms with Crippen LogP contribution in [-0.2, 0) is 16.6 Å². The van der Waals surface area contributed by atoms with Crippen molar-refractivity contribution in [2.45, 2.75) is 51.8 Å². The van der Waals surface area contributed by atoms with E-state index in [1.54, 1.807) is 32.7 Å². The summed E-state index contributed by atoms with van der Waals surface area (Å²) in [6.45, 7) is 5.96. The minimum atomic E-state index is -4.99. The van der Waals surface area contributed by atoms with Crippen molar-refractivity contribution in [2.24, 2.45) is 18.4 Å². The van der Waals surface area contributed by atoms with Crippen LogP contribution in [0.5, 0.6) is 0 Å². The first kappa shape index (κ1) is 21.4. The van der Waals surface area contributed by atoms with E-state index in [1.807, 2.05) is 0 Å². The summed E-state index contributed by atoms with van der Waals surface area (Å²) in [6, 6.07) is 0. The second kappa shape index (κ2) is 7.21. The van der Waals surface area contributed by atoms with Gasteiger partial charge in [-0.1, -0.05) is 0 Å². The van der Waals surface area contributed by atoms with E-state index in [4.69, 9.17) is 4.74 Å². The highest BCUT2D eigenvalue weighted by Crippen LogP contribution is 2.53. The third-order valence-electron chi connectivity index (χ3n) is 5.27. The number of nitrogens with zero attached hydrogens (tertiary/aromatic N) is 4. The molecule has 1 saturated carbocycles. The highest BCUT2D eigenvalue weighted by atomic mass is 19.4. The smallest absolute Gasteiger partial charge is 0.444 e. The monoisotopic (exact) mass is 416 g/mol. The van der Waals surface area contributed by atoms with Crippen LogP contribution in [0.15, 0.2) is 12.4 Å². The van der Waals surface area contributed by atoms with Gasteiger partial charge >= 0.3 is 18.2 Å². The Balaban J connectivity index is 1.79. The average molecular weight is 416 g/mol. The van der Waals surface area contributed by atoms with Gasteiger partial charge in [-0.05, 0) is 51.4 Å². The number of alkyl halides is 3. The molecule has 10 heteroatoms. The zero-order valence-corrected chi connectivity index (χ0v) is 17.1. The van der Waals surface area contributed by atoms with Gasteiger partial charge in [0.2, 0.25) is 0 Å². The minimum absolute atomic E-state index is 0.0816. The molecule has 1 aromatic heterocycles. The summed E-state index contributed by atoms with van der Waals surface area (Å²) < 4.78 is 46.4. The van der Waals surface area contributed by atoms with E-state index in [9.17, 15) is 22.8 Å². The number of aromatic nitrogens is 2. The second-order valence-corrected chi connectivity index (χ2v) is 9.22. The molecule has 2 amide bonds. The fourth-order valence-corrected chi connectivity index (χ4v) is 3.91. The van der Waals surface area contributed by atoms with Crippen molar-refractivity contribution in [1.29, 1.82) is 0 Å². The van der Waals surface area contributed by atoms with Gasteiger partial charge in [0.15, 0.2) is 0 Å². The molecule has 1 atom stereocenters. The summed E-state index contributed by atoms with van der Waals surface area (Å²) >= 11 is 0. The molecular formula is C19H27F3N4O3. The minimum Gasteiger partial charge on any atom is -0.444 e. The first-order valence-corrected chi connectivity index (χ1v) is 9.63. The van der Waals surface area contributed by atoms with E-state index < -0.39 is 23.8 Å². The Morgan fingerprint density at radius 1 is 1.31 bits per heavy atom. The van der Waals surface area contributed by atoms with Crippen LogP contribution in [0.3, 0.4) is 0 Å². The van der Waals surface area contributed by atoms with Gasteiger partial charge < -0.3 is 14.5 Å². The lowest BCUT2D eigenvalue weighted by Crippen LogP contribution is -2.51. The van der Waals surface area contributed by atoms with Crippen molar-refractivity contribution in [2.75, 3.05) is 24.5 Å². The number of piperidine rings is 1. The standard InChI is InChI=1S/C19H27F3N4O3/c1-17(2,3)29-16(28)25-9-13(7-18(12-25)5-6-18)10-26(15(27)19(20,21)22)14-8-23-24(4)11-14/h8,11,13H,5-7,9-10,12H2,1-4H3. The van der Waals surface area contributed by atoms with E-state index >= 15 is 0 Å². The van der Waals surface area contributed by atoms with Crippen molar-refractivity contribution in [3.05, 3.63) is 12.4 Å². The number of halogens is 3. The SMILES string of the molecule is Cn1cc(N(CC2CN(C(=O)OC(C)(C)C)CC3(CC3)C2)C(=O)C(F)(F)F)cn1. The quantitative estimate of drug-likeness (QED) is 0.758. The molecule has 0 bridgehead atoms. The van der Waals surface area contributed by atoms with Crippen molar-refractivity contribution < 1.29 is 27.5 Å². The first-order chi connectivity index (χ1) is 13.3. The molecule has 7 nitrogen and oxygen atoms in total. The first-order valence-electron chi connectivity index (χ1n) is 9.63. The Kier molecular flexibility index (Phi) is 5.33. The van der Waals surface area contributed by atoms with Gasteiger partial charge in [-0.25, -0.2) is 4.79 Å². The van der Waals surface area contributed by atoms with Gasteiger partial charge in [-0.2, -0.15) is 18.3 Å². The van der Waals surface area contributed by atoms with Crippen LogP contribution in [-0.4, -0.2) is 58.1 Å². The number of hydrogen-bond donors (Lipinski definition) is 0. The summed E-state index contributed by atoms with van der Waals surface area (Å²) in [7, 11) is 1.57. The maximum Gasteiger partial charge on any atom is 0.471 e. The molecule has 0 aromatic carbocycles. The van der Waals surface area contributed by atoms with Gasteiger partial charge in [0.1, 0.15) is 5.60 Å². The number of carbonyl (C=O) groups excluding carboxylic acids is 2. The number of ether oxygens (including phenoxy) is 1. The van der Waals surface area contributed by atoms with Crippen molar-refractivity contribution in [3.63, 3.8) is 0 Å². The zero-order chi connectivity index (χ0) is 21.6.